The number of amides is 6. The third kappa shape index (κ3) is 13.8. The van der Waals surface area contributed by atoms with Crippen molar-refractivity contribution in [1.29, 1.82) is 0 Å². The first-order valence-electron chi connectivity index (χ1n) is 27.2. The van der Waals surface area contributed by atoms with Crippen molar-refractivity contribution in [2.75, 3.05) is 57.0 Å². The summed E-state index contributed by atoms with van der Waals surface area (Å²) in [6, 6.07) is 20.5. The Labute approximate surface area is 490 Å². The topological polar surface area (TPSA) is 266 Å². The molecule has 4 aliphatic heterocycles. The molecule has 4 aromatic carbocycles. The maximum Gasteiger partial charge on any atom is 0.260 e. The lowest BCUT2D eigenvalue weighted by Gasteiger charge is -2.24. The van der Waals surface area contributed by atoms with Gasteiger partial charge in [0.25, 0.3) is 11.8 Å². The van der Waals surface area contributed by atoms with E-state index in [1.807, 2.05) is 42.6 Å². The maximum absolute atomic E-state index is 14.1. The number of ether oxygens (including phenoxy) is 5. The van der Waals surface area contributed by atoms with Crippen molar-refractivity contribution < 1.29 is 52.5 Å². The van der Waals surface area contributed by atoms with Crippen LogP contribution in [0.5, 0.6) is 28.7 Å². The molecule has 0 fully saturated rings. The molecule has 5 heterocycles. The van der Waals surface area contributed by atoms with E-state index in [9.17, 15) is 28.8 Å². The highest BCUT2D eigenvalue weighted by molar-refractivity contribution is 6.29. The summed E-state index contributed by atoms with van der Waals surface area (Å²) in [5.74, 6) is 0.146. The van der Waals surface area contributed by atoms with Crippen molar-refractivity contribution in [1.82, 2.24) is 30.4 Å². The summed E-state index contributed by atoms with van der Waals surface area (Å²) < 4.78 is 29.0. The molecule has 0 radical (unpaired) electrons. The van der Waals surface area contributed by atoms with Crippen molar-refractivity contribution in [2.24, 2.45) is 15.9 Å². The summed E-state index contributed by atoms with van der Waals surface area (Å²) >= 11 is 6.05. The van der Waals surface area contributed by atoms with Gasteiger partial charge in [0.1, 0.15) is 28.8 Å². The normalized spacial score (nSPS) is 16.3. The smallest absolute Gasteiger partial charge is 0.260 e. The van der Waals surface area contributed by atoms with Gasteiger partial charge < -0.3 is 60.1 Å². The summed E-state index contributed by atoms with van der Waals surface area (Å²) in [6.07, 6.45) is 10.3. The Bertz CT molecular complexity index is 3490. The fourth-order valence-corrected chi connectivity index (χ4v) is 9.91. The van der Waals surface area contributed by atoms with E-state index < -0.39 is 29.8 Å². The molecule has 436 valence electrons. The van der Waals surface area contributed by atoms with E-state index in [-0.39, 0.29) is 72.3 Å². The van der Waals surface area contributed by atoms with E-state index in [0.717, 1.165) is 34.1 Å². The number of carbonyl (C=O) groups excluding carboxylic acids is 6. The van der Waals surface area contributed by atoms with Crippen molar-refractivity contribution in [2.45, 2.75) is 77.0 Å². The number of benzene rings is 4. The predicted molar refractivity (Wildman–Crippen MR) is 319 cm³/mol. The van der Waals surface area contributed by atoms with Gasteiger partial charge in [-0.3, -0.25) is 38.8 Å². The molecule has 9 rings (SSSR count). The van der Waals surface area contributed by atoms with Crippen molar-refractivity contribution in [3.63, 3.8) is 0 Å². The van der Waals surface area contributed by atoms with Gasteiger partial charge in [0, 0.05) is 80.9 Å². The molecule has 0 saturated carbocycles. The molecular formula is C61H64ClN11O11. The molecule has 84 heavy (non-hydrogen) atoms. The van der Waals surface area contributed by atoms with Gasteiger partial charge >= 0.3 is 0 Å². The first-order chi connectivity index (χ1) is 40.5. The summed E-state index contributed by atoms with van der Waals surface area (Å²) in [6.45, 7) is 9.32. The lowest BCUT2D eigenvalue weighted by molar-refractivity contribution is -0.131. The highest BCUT2D eigenvalue weighted by Gasteiger charge is 2.36. The Morgan fingerprint density at radius 3 is 1.77 bits per heavy atom. The van der Waals surface area contributed by atoms with E-state index in [4.69, 9.17) is 45.3 Å². The number of anilines is 3. The molecule has 2 unspecified atom stereocenters. The Morgan fingerprint density at radius 2 is 1.25 bits per heavy atom. The van der Waals surface area contributed by atoms with Crippen LogP contribution in [-0.4, -0.2) is 133 Å². The second kappa shape index (κ2) is 26.6. The lowest BCUT2D eigenvalue weighted by atomic mass is 10.0. The number of nitrogens with zero attached hydrogens (tertiary/aromatic N) is 6. The van der Waals surface area contributed by atoms with Crippen LogP contribution in [0.25, 0.3) is 11.1 Å². The van der Waals surface area contributed by atoms with Gasteiger partial charge in [-0.2, -0.15) is 4.98 Å². The van der Waals surface area contributed by atoms with E-state index in [2.05, 4.69) is 43.1 Å². The minimum Gasteiger partial charge on any atom is -0.497 e. The first-order valence-corrected chi connectivity index (χ1v) is 27.6. The van der Waals surface area contributed by atoms with Gasteiger partial charge in [-0.05, 0) is 84.0 Å². The van der Waals surface area contributed by atoms with Gasteiger partial charge in [-0.1, -0.05) is 56.3 Å². The zero-order valence-electron chi connectivity index (χ0n) is 47.2. The van der Waals surface area contributed by atoms with Crippen LogP contribution in [0.3, 0.4) is 0 Å². The summed E-state index contributed by atoms with van der Waals surface area (Å²) in [7, 11) is 4.65. The van der Waals surface area contributed by atoms with Crippen LogP contribution in [0.4, 0.5) is 28.8 Å². The Kier molecular flexibility index (Phi) is 18.7. The average Bonchev–Trinajstić information content (AvgIpc) is 3.99. The molecule has 4 aliphatic rings. The molecule has 6 amide bonds. The average molecular weight is 1160 g/mol. The number of carbonyl (C=O) groups is 6. The van der Waals surface area contributed by atoms with E-state index in [0.29, 0.717) is 83.4 Å². The molecule has 22 nitrogen and oxygen atoms in total. The van der Waals surface area contributed by atoms with Crippen LogP contribution < -0.4 is 50.3 Å². The minimum absolute atomic E-state index is 0.0727. The van der Waals surface area contributed by atoms with E-state index in [1.165, 1.54) is 20.3 Å². The van der Waals surface area contributed by atoms with Crippen LogP contribution in [0, 0.1) is 5.92 Å². The highest BCUT2D eigenvalue weighted by Crippen LogP contribution is 2.42. The largest absolute Gasteiger partial charge is 0.497 e. The zero-order chi connectivity index (χ0) is 59.6. The molecule has 1 aromatic heterocycles. The molecule has 4 atom stereocenters. The molecule has 0 aliphatic carbocycles. The number of hydrogen-bond acceptors (Lipinski definition) is 16. The summed E-state index contributed by atoms with van der Waals surface area (Å²) in [5, 5.41) is 13.9. The van der Waals surface area contributed by atoms with Crippen LogP contribution in [-0.2, 0) is 19.2 Å². The zero-order valence-corrected chi connectivity index (χ0v) is 48.0. The first kappa shape index (κ1) is 59.1. The number of aromatic nitrogens is 2. The van der Waals surface area contributed by atoms with Gasteiger partial charge in [-0.15, -0.1) is 0 Å². The van der Waals surface area contributed by atoms with Crippen molar-refractivity contribution >= 4 is 99.4 Å². The van der Waals surface area contributed by atoms with Crippen LogP contribution in [0.2, 0.25) is 5.15 Å². The molecule has 5 N–H and O–H groups in total. The summed E-state index contributed by atoms with van der Waals surface area (Å²) in [5.41, 5.74) is 5.91. The van der Waals surface area contributed by atoms with E-state index in [1.54, 1.807) is 92.7 Å². The number of halogens is 1. The quantitative estimate of drug-likeness (QED) is 0.0220. The van der Waals surface area contributed by atoms with Crippen LogP contribution in [0.15, 0.2) is 114 Å². The highest BCUT2D eigenvalue weighted by atomic mass is 35.5. The number of hydrogen-bond donors (Lipinski definition) is 5. The molecule has 0 bridgehead atoms. The summed E-state index contributed by atoms with van der Waals surface area (Å²) in [4.78, 5) is 100. The number of methoxy groups -OCH3 is 3. The molecule has 0 saturated heterocycles. The third-order valence-corrected chi connectivity index (χ3v) is 14.4. The maximum atomic E-state index is 14.1. The standard InChI is InChI=1S/C61H64ClN11O11/c1-8-54(74)69-53-29-52(62)68-61(70-53)63-20-9-11-55(75)71-56(34(2)3)58(77)66-35(4)57(76)67-40-16-12-36(13-17-40)38-23-41-30-64-46-27-50(48(81-6)25-44(46)59(78)72(41)32-38)83-21-10-22-84-51-28-47-45(26-49(51)82-7)60(79)73-33-39(24-42(73)31-65-47)37-14-18-43(80-5)19-15-37/h8,12-19,25-35,41-42,56H,1,9-11,20-24H2,2-7H3,(H,66,77)(H,67,76)(H,71,75)(H2,63,68,69,70,74)/t35?,41?,42-,56-/m0/s1. The predicted octanol–water partition coefficient (Wildman–Crippen LogP) is 8.55. The molecule has 23 heteroatoms. The molecule has 0 spiro atoms. The Balaban J connectivity index is 0.734. The number of rotatable bonds is 24. The van der Waals surface area contributed by atoms with Gasteiger partial charge in [-0.25, -0.2) is 4.98 Å². The number of fused-ring (bicyclic) bond motifs is 4. The van der Waals surface area contributed by atoms with Gasteiger partial charge in [0.15, 0.2) is 23.0 Å². The van der Waals surface area contributed by atoms with Crippen LogP contribution in [0.1, 0.15) is 84.7 Å². The van der Waals surface area contributed by atoms with Crippen molar-refractivity contribution in [3.8, 4) is 28.7 Å². The second-order valence-electron chi connectivity index (χ2n) is 20.4. The fourth-order valence-electron chi connectivity index (χ4n) is 9.73. The fraction of sp³-hybridized carbons (Fsp3) is 0.311. The number of nitrogens with one attached hydrogen (secondary N) is 5. The van der Waals surface area contributed by atoms with Crippen LogP contribution >= 0.6 is 11.6 Å². The monoisotopic (exact) mass is 1160 g/mol. The molecule has 5 aromatic rings. The number of aliphatic imine (C=N–C) groups is 2. The lowest BCUT2D eigenvalue weighted by Crippen LogP contribution is -2.53. The Hall–Kier alpha value is -9.57. The van der Waals surface area contributed by atoms with Gasteiger partial charge in [0.05, 0.1) is 69.1 Å². The SMILES string of the molecule is C=CC(=O)Nc1cc(Cl)nc(NCCCC(=O)N[C@H](C(=O)NC(C)C(=O)Nc2ccc(C3=CN4C(=O)c5cc(OC)c(OCCCOc6cc7c(cc6OC)C(=O)N6C=C(c8ccc(OC)cc8)C[C@H]6C=N7)cc5N=CC4C3)cc2)C(C)C)n1. The van der Waals surface area contributed by atoms with E-state index >= 15 is 0 Å². The minimum atomic E-state index is -0.946. The second-order valence-corrected chi connectivity index (χ2v) is 20.7. The third-order valence-electron chi connectivity index (χ3n) is 14.2. The Morgan fingerprint density at radius 1 is 0.690 bits per heavy atom. The van der Waals surface area contributed by atoms with Crippen molar-refractivity contribution in [3.05, 3.63) is 131 Å². The van der Waals surface area contributed by atoms with Gasteiger partial charge in [0.2, 0.25) is 29.6 Å². The molecular weight excluding hydrogens is 1100 g/mol.